The molecule has 6 heteroatoms. The van der Waals surface area contributed by atoms with Gasteiger partial charge in [-0.15, -0.1) is 0 Å². The van der Waals surface area contributed by atoms with Crippen LogP contribution in [0.2, 0.25) is 0 Å². The van der Waals surface area contributed by atoms with Gasteiger partial charge in [-0.3, -0.25) is 9.78 Å². The average Bonchev–Trinajstić information content (AvgIpc) is 3.27. The molecule has 0 aliphatic heterocycles. The zero-order chi connectivity index (χ0) is 21.1. The third-order valence-electron chi connectivity index (χ3n) is 4.83. The summed E-state index contributed by atoms with van der Waals surface area (Å²) in [5.74, 6) is -0.0471. The van der Waals surface area contributed by atoms with E-state index in [0.717, 1.165) is 33.3 Å². The Labute approximate surface area is 174 Å². The van der Waals surface area contributed by atoms with Crippen molar-refractivity contribution in [3.8, 4) is 6.07 Å². The van der Waals surface area contributed by atoms with Gasteiger partial charge in [0.1, 0.15) is 6.07 Å². The number of anilines is 2. The predicted octanol–water partition coefficient (Wildman–Crippen LogP) is 5.18. The summed E-state index contributed by atoms with van der Waals surface area (Å²) in [6.45, 7) is 4.54. The molecule has 2 N–H and O–H groups in total. The van der Waals surface area contributed by atoms with Crippen LogP contribution in [0.1, 0.15) is 32.8 Å². The van der Waals surface area contributed by atoms with Gasteiger partial charge in [-0.25, -0.2) is 0 Å². The molecule has 0 atom stereocenters. The number of benzene rings is 2. The fourth-order valence-electron chi connectivity index (χ4n) is 3.49. The van der Waals surface area contributed by atoms with E-state index in [0.29, 0.717) is 17.8 Å². The number of nitrogens with one attached hydrogen (secondary N) is 2. The predicted molar refractivity (Wildman–Crippen MR) is 116 cm³/mol. The van der Waals surface area contributed by atoms with Crippen molar-refractivity contribution in [1.82, 2.24) is 4.98 Å². The summed E-state index contributed by atoms with van der Waals surface area (Å²) in [4.78, 5) is 16.7. The van der Waals surface area contributed by atoms with E-state index in [2.05, 4.69) is 27.8 Å². The van der Waals surface area contributed by atoms with Gasteiger partial charge < -0.3 is 15.1 Å². The third kappa shape index (κ3) is 3.87. The second-order valence-electron chi connectivity index (χ2n) is 7.12. The maximum atomic E-state index is 12.2. The molecule has 0 unspecified atom stereocenters. The normalized spacial score (nSPS) is 10.6. The molecule has 4 aromatic rings. The molecule has 0 aliphatic rings. The number of hydrogen-bond donors (Lipinski definition) is 2. The lowest BCUT2D eigenvalue weighted by Crippen LogP contribution is -2.11. The number of nitrogens with zero attached hydrogens (tertiary/aromatic N) is 2. The average molecular weight is 396 g/mol. The molecule has 148 valence electrons. The van der Waals surface area contributed by atoms with Crippen molar-refractivity contribution in [3.05, 3.63) is 89.0 Å². The van der Waals surface area contributed by atoms with E-state index in [4.69, 9.17) is 4.42 Å². The minimum atomic E-state index is -0.303. The van der Waals surface area contributed by atoms with Crippen LogP contribution in [-0.4, -0.2) is 10.9 Å². The Morgan fingerprint density at radius 2 is 2.03 bits per heavy atom. The molecule has 1 amide bonds. The molecule has 2 heterocycles. The molecule has 0 saturated carbocycles. The second-order valence-corrected chi connectivity index (χ2v) is 7.12. The summed E-state index contributed by atoms with van der Waals surface area (Å²) in [7, 11) is 0. The van der Waals surface area contributed by atoms with Crippen LogP contribution in [0.3, 0.4) is 0 Å². The van der Waals surface area contributed by atoms with Gasteiger partial charge in [0.25, 0.3) is 5.91 Å². The van der Waals surface area contributed by atoms with E-state index < -0.39 is 0 Å². The fourth-order valence-corrected chi connectivity index (χ4v) is 3.49. The zero-order valence-electron chi connectivity index (χ0n) is 16.7. The standard InChI is InChI=1S/C24H20N4O2/c1-15-9-16(2)22-20(10-15)23(18(12-25)14-27-22)26-13-17-5-3-6-19(11-17)28-24(29)21-7-4-8-30-21/h3-11,14H,13H2,1-2H3,(H,26,27)(H,28,29). The summed E-state index contributed by atoms with van der Waals surface area (Å²) in [5, 5.41) is 16.7. The summed E-state index contributed by atoms with van der Waals surface area (Å²) in [5.41, 5.74) is 5.95. The first-order valence-corrected chi connectivity index (χ1v) is 9.53. The molecule has 0 saturated heterocycles. The fraction of sp³-hybridized carbons (Fsp3) is 0.125. The third-order valence-corrected chi connectivity index (χ3v) is 4.83. The highest BCUT2D eigenvalue weighted by Gasteiger charge is 2.12. The molecule has 2 aromatic carbocycles. The molecule has 6 nitrogen and oxygen atoms in total. The summed E-state index contributed by atoms with van der Waals surface area (Å²) >= 11 is 0. The minimum absolute atomic E-state index is 0.256. The van der Waals surface area contributed by atoms with Crippen LogP contribution in [-0.2, 0) is 6.54 Å². The van der Waals surface area contributed by atoms with Crippen LogP contribution in [0.15, 0.2) is 65.4 Å². The monoisotopic (exact) mass is 396 g/mol. The molecule has 0 spiro atoms. The number of furan rings is 1. The molecule has 0 fully saturated rings. The van der Waals surface area contributed by atoms with Crippen LogP contribution < -0.4 is 10.6 Å². The van der Waals surface area contributed by atoms with Gasteiger partial charge in [0.15, 0.2) is 5.76 Å². The number of rotatable bonds is 5. The lowest BCUT2D eigenvalue weighted by molar-refractivity contribution is 0.0996. The second kappa shape index (κ2) is 8.10. The number of carbonyl (C=O) groups excluding carboxylic acids is 1. The Hall–Kier alpha value is -4.11. The van der Waals surface area contributed by atoms with Crippen LogP contribution in [0.4, 0.5) is 11.4 Å². The molecule has 4 rings (SSSR count). The Balaban J connectivity index is 1.59. The van der Waals surface area contributed by atoms with E-state index in [1.54, 1.807) is 18.3 Å². The maximum absolute atomic E-state index is 12.2. The van der Waals surface area contributed by atoms with Gasteiger partial charge in [-0.1, -0.05) is 23.8 Å². The first-order chi connectivity index (χ1) is 14.5. The van der Waals surface area contributed by atoms with Crippen LogP contribution in [0, 0.1) is 25.2 Å². The first-order valence-electron chi connectivity index (χ1n) is 9.53. The van der Waals surface area contributed by atoms with Crippen molar-refractivity contribution < 1.29 is 9.21 Å². The van der Waals surface area contributed by atoms with Gasteiger partial charge in [-0.05, 0) is 55.3 Å². The summed E-state index contributed by atoms with van der Waals surface area (Å²) in [6.07, 6.45) is 3.07. The van der Waals surface area contributed by atoms with E-state index in [9.17, 15) is 10.1 Å². The maximum Gasteiger partial charge on any atom is 0.291 e. The molecular formula is C24H20N4O2. The number of nitriles is 1. The number of aromatic nitrogens is 1. The largest absolute Gasteiger partial charge is 0.459 e. The van der Waals surface area contributed by atoms with Crippen LogP contribution >= 0.6 is 0 Å². The van der Waals surface area contributed by atoms with Gasteiger partial charge in [0, 0.05) is 23.8 Å². The van der Waals surface area contributed by atoms with E-state index in [1.165, 1.54) is 6.26 Å². The highest BCUT2D eigenvalue weighted by molar-refractivity contribution is 6.02. The number of fused-ring (bicyclic) bond motifs is 1. The zero-order valence-corrected chi connectivity index (χ0v) is 16.7. The highest BCUT2D eigenvalue weighted by atomic mass is 16.3. The van der Waals surface area contributed by atoms with Crippen molar-refractivity contribution in [3.63, 3.8) is 0 Å². The number of amides is 1. The topological polar surface area (TPSA) is 91.0 Å². The molecule has 0 bridgehead atoms. The number of aryl methyl sites for hydroxylation is 2. The van der Waals surface area contributed by atoms with Gasteiger partial charge in [-0.2, -0.15) is 5.26 Å². The van der Waals surface area contributed by atoms with Gasteiger partial charge in [0.2, 0.25) is 0 Å². The van der Waals surface area contributed by atoms with Crippen LogP contribution in [0.25, 0.3) is 10.9 Å². The number of pyridine rings is 1. The van der Waals surface area contributed by atoms with Crippen molar-refractivity contribution in [2.75, 3.05) is 10.6 Å². The Kier molecular flexibility index (Phi) is 5.19. The Morgan fingerprint density at radius 3 is 2.80 bits per heavy atom. The van der Waals surface area contributed by atoms with E-state index >= 15 is 0 Å². The quantitative estimate of drug-likeness (QED) is 0.485. The van der Waals surface area contributed by atoms with Crippen molar-refractivity contribution >= 4 is 28.2 Å². The lowest BCUT2D eigenvalue weighted by atomic mass is 10.0. The smallest absolute Gasteiger partial charge is 0.291 e. The molecule has 2 aromatic heterocycles. The first kappa shape index (κ1) is 19.2. The van der Waals surface area contributed by atoms with Gasteiger partial charge in [0.05, 0.1) is 23.0 Å². The summed E-state index contributed by atoms with van der Waals surface area (Å²) < 4.78 is 5.13. The van der Waals surface area contributed by atoms with Crippen molar-refractivity contribution in [1.29, 1.82) is 5.26 Å². The van der Waals surface area contributed by atoms with Crippen molar-refractivity contribution in [2.24, 2.45) is 0 Å². The minimum Gasteiger partial charge on any atom is -0.459 e. The lowest BCUT2D eigenvalue weighted by Gasteiger charge is -2.14. The highest BCUT2D eigenvalue weighted by Crippen LogP contribution is 2.29. The number of carbonyl (C=O) groups is 1. The van der Waals surface area contributed by atoms with E-state index in [-0.39, 0.29) is 11.7 Å². The van der Waals surface area contributed by atoms with Crippen molar-refractivity contribution in [2.45, 2.75) is 20.4 Å². The summed E-state index contributed by atoms with van der Waals surface area (Å²) in [6, 6.07) is 17.2. The SMILES string of the molecule is Cc1cc(C)c2ncc(C#N)c(NCc3cccc(NC(=O)c4ccco4)c3)c2c1. The molecule has 0 aliphatic carbocycles. The van der Waals surface area contributed by atoms with E-state index in [1.807, 2.05) is 44.2 Å². The molecular weight excluding hydrogens is 376 g/mol. The van der Waals surface area contributed by atoms with Gasteiger partial charge >= 0.3 is 0 Å². The molecule has 0 radical (unpaired) electrons. The Bertz CT molecular complexity index is 1270. The Morgan fingerprint density at radius 1 is 1.17 bits per heavy atom. The number of hydrogen-bond acceptors (Lipinski definition) is 5. The van der Waals surface area contributed by atoms with Crippen LogP contribution in [0.5, 0.6) is 0 Å². The molecule has 30 heavy (non-hydrogen) atoms.